The number of hydrogen-bond acceptors (Lipinski definition) is 4. The predicted molar refractivity (Wildman–Crippen MR) is 623 cm³/mol. The Balaban J connectivity index is 0.000000125. The van der Waals surface area contributed by atoms with Gasteiger partial charge < -0.3 is 9.80 Å². The van der Waals surface area contributed by atoms with Gasteiger partial charge in [0.2, 0.25) is 0 Å². The zero-order valence-corrected chi connectivity index (χ0v) is 90.3. The van der Waals surface area contributed by atoms with Crippen LogP contribution in [0.2, 0.25) is 30.1 Å². The number of anilines is 2. The average molecular weight is 2250 g/mol. The molecule has 712 valence electrons. The van der Waals surface area contributed by atoms with Crippen LogP contribution in [-0.2, 0) is 31.3 Å². The second kappa shape index (κ2) is 52.6. The molecule has 2 saturated carbocycles. The molecule has 0 amide bonds. The van der Waals surface area contributed by atoms with E-state index in [2.05, 4.69) is 472 Å². The topological polar surface area (TPSA) is 17.3 Å². The molecule has 18 aromatic rings. The minimum atomic E-state index is -0.446. The molecule has 2 saturated heterocycles. The molecule has 17 heteroatoms. The van der Waals surface area contributed by atoms with Crippen LogP contribution in [0, 0.1) is 10.1 Å². The molecule has 0 bridgehead atoms. The molecule has 5 nitrogen and oxygen atoms in total. The second-order valence-electron chi connectivity index (χ2n) is 35.3. The van der Waals surface area contributed by atoms with Crippen LogP contribution in [-0.4, -0.2) is 62.2 Å². The molecule has 2 atom stereocenters. The van der Waals surface area contributed by atoms with Gasteiger partial charge in [0.25, 0.3) is 0 Å². The van der Waals surface area contributed by atoms with Crippen LogP contribution in [0.5, 0.6) is 0 Å². The zero-order chi connectivity index (χ0) is 97.0. The predicted octanol–water partition coefficient (Wildman–Crippen LogP) is 29.4. The SMILES string of the molecule is Clc1ccc(C2CN(CC3(c4ccc(I)cc4)CC3)CCN2c2ccc(Cl)cc2Cl)cc1.[C-]#[N+]c1ccc(C2(CN3CCN(c4ccc(Cl)cc4Cl)C(c4ccc(Cl)cc4)C3)CC2)cc1.[Pd].c1ccc(P(c2ccccc2)c2ccccc2)cc1.c1ccc(P(c2ccccc2)c2ccccc2)cc1.c1ccc(P(c2ccccc2)c2ccccc2)cc1.c1ccc(P(c2ccccc2)c2ccccc2)cc1. The standard InChI is InChI=1S/C27H24Cl3N3.C26H24Cl3IN2.4C18H15P.Pd/c1-31-23-9-4-20(5-10-23)27(12-13-27)18-32-14-15-33(25-11-8-22(29)16-24(25)30)26(17-32)19-2-6-21(28)7-3-19;27-20-5-1-18(2-6-20)25-16-31(13-14-32(25)24-10-7-21(28)15-23(24)29)17-26(11-12-26)19-3-8-22(30)9-4-19;4*1-4-10-16(11-5-1)19(17-12-6-2-7-13-17)18-14-8-3-9-15-18;/h2-11,16,26H,12-15,17-18H2;1-10,15,25H,11-14,16-17H2;4*1-15H;. The van der Waals surface area contributed by atoms with E-state index in [0.29, 0.717) is 31.2 Å². The number of rotatable bonds is 22. The van der Waals surface area contributed by atoms with Gasteiger partial charge in [0.1, 0.15) is 0 Å². The van der Waals surface area contributed by atoms with Gasteiger partial charge in [-0.25, -0.2) is 4.85 Å². The van der Waals surface area contributed by atoms with Gasteiger partial charge in [-0.2, -0.15) is 0 Å². The average Bonchev–Trinajstić information content (AvgIpc) is 1.60. The van der Waals surface area contributed by atoms with Gasteiger partial charge in [-0.1, -0.05) is 494 Å². The van der Waals surface area contributed by atoms with Gasteiger partial charge in [0.15, 0.2) is 5.69 Å². The van der Waals surface area contributed by atoms with Gasteiger partial charge in [0.05, 0.1) is 40.1 Å². The van der Waals surface area contributed by atoms with E-state index in [0.717, 1.165) is 73.8 Å². The van der Waals surface area contributed by atoms with E-state index in [1.165, 1.54) is 115 Å². The van der Waals surface area contributed by atoms with Crippen molar-refractivity contribution in [3.63, 3.8) is 0 Å². The summed E-state index contributed by atoms with van der Waals surface area (Å²) in [5, 5.41) is 20.9. The van der Waals surface area contributed by atoms with Crippen LogP contribution in [0.25, 0.3) is 4.85 Å². The van der Waals surface area contributed by atoms with E-state index in [1.807, 2.05) is 72.8 Å². The van der Waals surface area contributed by atoms with Crippen molar-refractivity contribution in [1.29, 1.82) is 0 Å². The van der Waals surface area contributed by atoms with E-state index in [1.54, 1.807) is 0 Å². The van der Waals surface area contributed by atoms with Crippen LogP contribution in [0.3, 0.4) is 0 Å². The van der Waals surface area contributed by atoms with E-state index in [4.69, 9.17) is 76.2 Å². The molecule has 0 N–H and O–H groups in total. The first-order chi connectivity index (χ1) is 69.2. The summed E-state index contributed by atoms with van der Waals surface area (Å²) < 4.78 is 1.29. The largest absolute Gasteiger partial charge is 0.361 e. The molecule has 2 aliphatic heterocycles. The van der Waals surface area contributed by atoms with E-state index in [-0.39, 0.29) is 37.9 Å². The van der Waals surface area contributed by atoms with Crippen molar-refractivity contribution in [2.45, 2.75) is 48.6 Å². The minimum Gasteiger partial charge on any atom is -0.361 e. The number of halogens is 7. The molecule has 2 unspecified atom stereocenters. The maximum atomic E-state index is 7.21. The number of benzene rings is 18. The first-order valence-corrected chi connectivity index (χ1v) is 56.4. The monoisotopic (exact) mass is 2250 g/mol. The summed E-state index contributed by atoms with van der Waals surface area (Å²) >= 11 is 40.3. The molecule has 4 fully saturated rings. The van der Waals surface area contributed by atoms with Gasteiger partial charge in [0, 0.05) is 107 Å². The van der Waals surface area contributed by atoms with Crippen LogP contribution in [0.15, 0.2) is 497 Å². The van der Waals surface area contributed by atoms with Gasteiger partial charge in [-0.05, 0) is 239 Å². The summed E-state index contributed by atoms with van der Waals surface area (Å²) in [6.07, 6.45) is 4.92. The molecule has 18 aromatic carbocycles. The maximum absolute atomic E-state index is 7.21. The Labute approximate surface area is 901 Å². The van der Waals surface area contributed by atoms with Crippen LogP contribution >= 0.6 is 124 Å². The van der Waals surface area contributed by atoms with E-state index >= 15 is 0 Å². The fourth-order valence-electron chi connectivity index (χ4n) is 18.6. The summed E-state index contributed by atoms with van der Waals surface area (Å²) in [5.41, 5.74) is 8.55. The Morgan fingerprint density at radius 3 is 0.676 bits per heavy atom. The third kappa shape index (κ3) is 28.3. The van der Waals surface area contributed by atoms with Gasteiger partial charge in [-0.3, -0.25) is 9.80 Å². The van der Waals surface area contributed by atoms with Crippen molar-refractivity contribution in [3.8, 4) is 0 Å². The molecule has 22 rings (SSSR count). The van der Waals surface area contributed by atoms with E-state index in [9.17, 15) is 0 Å². The molecule has 142 heavy (non-hydrogen) atoms. The summed E-state index contributed by atoms with van der Waals surface area (Å²) in [6.45, 7) is 15.0. The van der Waals surface area contributed by atoms with Crippen LogP contribution in [0.1, 0.15) is 60.0 Å². The molecule has 4 aliphatic rings. The van der Waals surface area contributed by atoms with Crippen molar-refractivity contribution in [2.24, 2.45) is 0 Å². The Morgan fingerprint density at radius 1 is 0.261 bits per heavy atom. The van der Waals surface area contributed by atoms with Crippen molar-refractivity contribution in [2.75, 3.05) is 62.2 Å². The third-order valence-electron chi connectivity index (χ3n) is 25.9. The maximum Gasteiger partial charge on any atom is 0.187 e. The van der Waals surface area contributed by atoms with Crippen molar-refractivity contribution >= 4 is 205 Å². The quantitative estimate of drug-likeness (QED) is 0.0291. The molecule has 2 heterocycles. The van der Waals surface area contributed by atoms with Crippen LogP contribution in [0.4, 0.5) is 17.1 Å². The fourth-order valence-corrected chi connectivity index (χ4v) is 29.4. The molecular weight excluding hydrogens is 2140 g/mol. The third-order valence-corrected chi connectivity index (χ3v) is 37.9. The summed E-state index contributed by atoms with van der Waals surface area (Å²) in [5.74, 6) is 0. The Bertz CT molecular complexity index is 6080. The van der Waals surface area contributed by atoms with E-state index < -0.39 is 31.7 Å². The van der Waals surface area contributed by atoms with Gasteiger partial charge >= 0.3 is 0 Å². The summed E-state index contributed by atoms with van der Waals surface area (Å²) in [6, 6.07) is 175. The van der Waals surface area contributed by atoms with Crippen molar-refractivity contribution < 1.29 is 20.4 Å². The van der Waals surface area contributed by atoms with Gasteiger partial charge in [-0.15, -0.1) is 0 Å². The summed E-state index contributed by atoms with van der Waals surface area (Å²) in [4.78, 5) is 13.6. The normalized spacial score (nSPS) is 14.9. The summed E-state index contributed by atoms with van der Waals surface area (Å²) in [7, 11) is -1.78. The first kappa shape index (κ1) is 105. The minimum absolute atomic E-state index is 0. The molecule has 0 radical (unpaired) electrons. The Morgan fingerprint density at radius 2 is 0.472 bits per heavy atom. The molecule has 2 aliphatic carbocycles. The van der Waals surface area contributed by atoms with Crippen molar-refractivity contribution in [1.82, 2.24) is 9.80 Å². The Hall–Kier alpha value is -10.2. The Kier molecular flexibility index (Phi) is 38.7. The number of piperazine rings is 2. The number of nitrogens with zero attached hydrogens (tertiary/aromatic N) is 5. The molecule has 0 spiro atoms. The fraction of sp³-hybridized carbons (Fsp3) is 0.128. The molecule has 0 aromatic heterocycles. The first-order valence-electron chi connectivity index (χ1n) is 47.7. The molecular formula is C125H108Cl6IN5P4Pd. The zero-order valence-electron chi connectivity index (χ0n) is 78.5. The van der Waals surface area contributed by atoms with Crippen molar-refractivity contribution in [3.05, 3.63) is 565 Å². The smallest absolute Gasteiger partial charge is 0.187 e. The van der Waals surface area contributed by atoms with Crippen LogP contribution < -0.4 is 73.5 Å². The second-order valence-corrected chi connectivity index (χ2v) is 48.0. The number of hydrogen-bond donors (Lipinski definition) is 0.